The number of benzene rings is 2. The Hall–Kier alpha value is -3.10. The van der Waals surface area contributed by atoms with Crippen molar-refractivity contribution >= 4 is 23.3 Å². The third kappa shape index (κ3) is 5.94. The van der Waals surface area contributed by atoms with Gasteiger partial charge in [0.2, 0.25) is 0 Å². The van der Waals surface area contributed by atoms with Crippen molar-refractivity contribution in [3.05, 3.63) is 76.1 Å². The predicted molar refractivity (Wildman–Crippen MR) is 134 cm³/mol. The smallest absolute Gasteiger partial charge is 0.251 e. The third-order valence-corrected chi connectivity index (χ3v) is 6.35. The second kappa shape index (κ2) is 11.1. The van der Waals surface area contributed by atoms with Crippen LogP contribution in [0.4, 0.5) is 14.6 Å². The van der Waals surface area contributed by atoms with Crippen LogP contribution >= 0.6 is 11.6 Å². The maximum absolute atomic E-state index is 14.4. The molecular weight excluding hydrogens is 472 g/mol. The molecule has 3 aromatic rings. The number of amides is 1. The molecule has 1 N–H and O–H groups in total. The number of hydrogen-bond donors (Lipinski definition) is 1. The third-order valence-electron chi connectivity index (χ3n) is 5.94. The average Bonchev–Trinajstić information content (AvgIpc) is 2.86. The highest BCUT2D eigenvalue weighted by molar-refractivity contribution is 6.31. The fourth-order valence-corrected chi connectivity index (χ4v) is 4.31. The molecule has 0 aliphatic carbocycles. The highest BCUT2D eigenvalue weighted by Gasteiger charge is 2.24. The first-order valence-electron chi connectivity index (χ1n) is 11.6. The van der Waals surface area contributed by atoms with Crippen LogP contribution in [0.5, 0.6) is 0 Å². The van der Waals surface area contributed by atoms with Crippen molar-refractivity contribution in [3.63, 3.8) is 0 Å². The van der Waals surface area contributed by atoms with Crippen molar-refractivity contribution in [2.24, 2.45) is 0 Å². The van der Waals surface area contributed by atoms with Crippen molar-refractivity contribution < 1.29 is 13.6 Å². The molecule has 0 unspecified atom stereocenters. The molecule has 6 nitrogen and oxygen atoms in total. The molecule has 1 aliphatic rings. The Bertz CT molecular complexity index is 1220. The van der Waals surface area contributed by atoms with Crippen LogP contribution in [0, 0.1) is 11.6 Å². The summed E-state index contributed by atoms with van der Waals surface area (Å²) in [6.07, 6.45) is 4.11. The number of rotatable bonds is 8. The lowest BCUT2D eigenvalue weighted by atomic mass is 10.1. The van der Waals surface area contributed by atoms with Gasteiger partial charge in [-0.25, -0.2) is 13.8 Å². The summed E-state index contributed by atoms with van der Waals surface area (Å²) in [7, 11) is 3.99. The van der Waals surface area contributed by atoms with E-state index in [9.17, 15) is 13.6 Å². The van der Waals surface area contributed by atoms with Crippen molar-refractivity contribution in [3.8, 4) is 11.3 Å². The van der Waals surface area contributed by atoms with E-state index in [1.54, 1.807) is 18.3 Å². The minimum atomic E-state index is -0.656. The maximum atomic E-state index is 14.4. The van der Waals surface area contributed by atoms with Gasteiger partial charge in [0.05, 0.1) is 22.6 Å². The molecule has 4 rings (SSSR count). The fourth-order valence-electron chi connectivity index (χ4n) is 4.09. The SMILES string of the molecule is CN(C)CCCNC(=O)c1cccc(-c2cnc3c(n2)N(Cc2c(F)ccc(F)c2Cl)CCC3)c1. The first kappa shape index (κ1) is 25.0. The summed E-state index contributed by atoms with van der Waals surface area (Å²) < 4.78 is 28.4. The summed E-state index contributed by atoms with van der Waals surface area (Å²) in [5, 5.41) is 2.73. The molecule has 0 fully saturated rings. The molecule has 0 atom stereocenters. The van der Waals surface area contributed by atoms with Gasteiger partial charge in [-0.3, -0.25) is 9.78 Å². The Labute approximate surface area is 208 Å². The maximum Gasteiger partial charge on any atom is 0.251 e. The summed E-state index contributed by atoms with van der Waals surface area (Å²) in [6, 6.07) is 9.33. The number of carbonyl (C=O) groups excluding carboxylic acids is 1. The van der Waals surface area contributed by atoms with Gasteiger partial charge in [-0.15, -0.1) is 0 Å². The van der Waals surface area contributed by atoms with Crippen LogP contribution in [0.25, 0.3) is 11.3 Å². The van der Waals surface area contributed by atoms with Gasteiger partial charge in [0.25, 0.3) is 5.91 Å². The summed E-state index contributed by atoms with van der Waals surface area (Å²) >= 11 is 6.06. The van der Waals surface area contributed by atoms with E-state index in [0.29, 0.717) is 30.2 Å². The highest BCUT2D eigenvalue weighted by atomic mass is 35.5. The number of aryl methyl sites for hydroxylation is 1. The lowest BCUT2D eigenvalue weighted by molar-refractivity contribution is 0.0952. The van der Waals surface area contributed by atoms with E-state index < -0.39 is 11.6 Å². The van der Waals surface area contributed by atoms with Crippen LogP contribution in [0.1, 0.15) is 34.5 Å². The van der Waals surface area contributed by atoms with Crippen LogP contribution in [0.2, 0.25) is 5.02 Å². The molecular formula is C26H28ClF2N5O. The Morgan fingerprint density at radius 1 is 1.20 bits per heavy atom. The molecule has 1 aliphatic heterocycles. The van der Waals surface area contributed by atoms with Crippen LogP contribution in [0.3, 0.4) is 0 Å². The summed E-state index contributed by atoms with van der Waals surface area (Å²) in [5.74, 6) is -0.740. The normalized spacial score (nSPS) is 13.1. The zero-order valence-electron chi connectivity index (χ0n) is 19.8. The number of nitrogens with one attached hydrogen (secondary N) is 1. The zero-order valence-corrected chi connectivity index (χ0v) is 20.6. The van der Waals surface area contributed by atoms with Crippen molar-refractivity contribution in [1.82, 2.24) is 20.2 Å². The summed E-state index contributed by atoms with van der Waals surface area (Å²) in [4.78, 5) is 25.9. The molecule has 2 aromatic carbocycles. The molecule has 184 valence electrons. The average molecular weight is 500 g/mol. The van der Waals surface area contributed by atoms with Crippen LogP contribution in [-0.2, 0) is 13.0 Å². The topological polar surface area (TPSA) is 61.4 Å². The number of aromatic nitrogens is 2. The molecule has 0 saturated carbocycles. The lowest BCUT2D eigenvalue weighted by Crippen LogP contribution is -2.31. The molecule has 0 radical (unpaired) electrons. The number of anilines is 1. The Kier molecular flexibility index (Phi) is 7.93. The number of nitrogens with zero attached hydrogens (tertiary/aromatic N) is 4. The number of carbonyl (C=O) groups is 1. The molecule has 1 amide bonds. The van der Waals surface area contributed by atoms with Crippen molar-refractivity contribution in [2.45, 2.75) is 25.8 Å². The van der Waals surface area contributed by atoms with Gasteiger partial charge in [-0.2, -0.15) is 0 Å². The quantitative estimate of drug-likeness (QED) is 0.359. The van der Waals surface area contributed by atoms with Crippen molar-refractivity contribution in [1.29, 1.82) is 0 Å². The fraction of sp³-hybridized carbons (Fsp3) is 0.346. The van der Waals surface area contributed by atoms with E-state index in [2.05, 4.69) is 15.2 Å². The number of halogens is 3. The van der Waals surface area contributed by atoms with E-state index in [-0.39, 0.29) is 23.0 Å². The van der Waals surface area contributed by atoms with E-state index in [1.165, 1.54) is 0 Å². The molecule has 0 spiro atoms. The molecule has 2 heterocycles. The molecule has 1 aromatic heterocycles. The Morgan fingerprint density at radius 3 is 2.80 bits per heavy atom. The van der Waals surface area contributed by atoms with E-state index in [4.69, 9.17) is 16.6 Å². The standard InChI is InChI=1S/C26H28ClF2N5O/c1-33(2)12-5-11-30-26(35)18-7-3-6-17(14-18)23-15-31-22-8-4-13-34(25(22)32-23)16-19-20(28)9-10-21(29)24(19)27/h3,6-7,9-10,14-15H,4-5,8,11-13,16H2,1-2H3,(H,30,35). The predicted octanol–water partition coefficient (Wildman–Crippen LogP) is 4.71. The second-order valence-corrected chi connectivity index (χ2v) is 9.24. The van der Waals surface area contributed by atoms with Gasteiger partial charge >= 0.3 is 0 Å². The Morgan fingerprint density at radius 2 is 2.00 bits per heavy atom. The number of hydrogen-bond acceptors (Lipinski definition) is 5. The minimum Gasteiger partial charge on any atom is -0.352 e. The molecule has 0 bridgehead atoms. The van der Waals surface area contributed by atoms with E-state index in [1.807, 2.05) is 31.1 Å². The first-order valence-corrected chi connectivity index (χ1v) is 12.0. The van der Waals surface area contributed by atoms with Crippen LogP contribution < -0.4 is 10.2 Å². The van der Waals surface area contributed by atoms with E-state index in [0.717, 1.165) is 49.2 Å². The minimum absolute atomic E-state index is 0.0863. The molecule has 0 saturated heterocycles. The van der Waals surface area contributed by atoms with Gasteiger partial charge < -0.3 is 15.1 Å². The van der Waals surface area contributed by atoms with Gasteiger partial charge in [0.1, 0.15) is 11.6 Å². The largest absolute Gasteiger partial charge is 0.352 e. The lowest BCUT2D eigenvalue weighted by Gasteiger charge is -2.30. The van der Waals surface area contributed by atoms with Crippen molar-refractivity contribution in [2.75, 3.05) is 38.6 Å². The highest BCUT2D eigenvalue weighted by Crippen LogP contribution is 2.31. The summed E-state index contributed by atoms with van der Waals surface area (Å²) in [6.45, 7) is 2.19. The number of fused-ring (bicyclic) bond motifs is 1. The van der Waals surface area contributed by atoms with E-state index >= 15 is 0 Å². The van der Waals surface area contributed by atoms with Gasteiger partial charge in [0, 0.05) is 36.3 Å². The van der Waals surface area contributed by atoms with Gasteiger partial charge in [0.15, 0.2) is 5.82 Å². The molecule has 35 heavy (non-hydrogen) atoms. The van der Waals surface area contributed by atoms with Gasteiger partial charge in [-0.1, -0.05) is 23.7 Å². The van der Waals surface area contributed by atoms with Crippen LogP contribution in [0.15, 0.2) is 42.6 Å². The first-order chi connectivity index (χ1) is 16.8. The second-order valence-electron chi connectivity index (χ2n) is 8.87. The monoisotopic (exact) mass is 499 g/mol. The summed E-state index contributed by atoms with van der Waals surface area (Å²) in [5.41, 5.74) is 2.78. The van der Waals surface area contributed by atoms with Gasteiger partial charge in [-0.05, 0) is 64.2 Å². The van der Waals surface area contributed by atoms with Crippen LogP contribution in [-0.4, -0.2) is 54.5 Å². The Balaban J connectivity index is 1.56. The molecule has 9 heteroatoms. The zero-order chi connectivity index (χ0) is 24.9.